The molecule has 0 radical (unpaired) electrons. The lowest BCUT2D eigenvalue weighted by molar-refractivity contribution is 0.470. The van der Waals surface area contributed by atoms with Crippen molar-refractivity contribution in [2.45, 2.75) is 19.0 Å². The molecule has 1 aromatic heterocycles. The van der Waals surface area contributed by atoms with Gasteiger partial charge in [0.2, 0.25) is 0 Å². The first-order valence-electron chi connectivity index (χ1n) is 7.17. The van der Waals surface area contributed by atoms with Gasteiger partial charge in [0.1, 0.15) is 6.33 Å². The second-order valence-corrected chi connectivity index (χ2v) is 5.30. The third-order valence-corrected chi connectivity index (χ3v) is 4.00. The Balaban J connectivity index is 1.69. The smallest absolute Gasteiger partial charge is 0.154 e. The number of hydrogen-bond donors (Lipinski definition) is 1. The van der Waals surface area contributed by atoms with E-state index in [2.05, 4.69) is 56.5 Å². The zero-order chi connectivity index (χ0) is 14.1. The Labute approximate surface area is 123 Å². The molecule has 0 saturated carbocycles. The number of nitrogens with zero attached hydrogens (tertiary/aromatic N) is 3. The first-order valence-corrected chi connectivity index (χ1v) is 7.17. The Hall–Kier alpha value is -2.46. The van der Waals surface area contributed by atoms with Crippen molar-refractivity contribution in [1.82, 2.24) is 20.1 Å². The molecule has 21 heavy (non-hydrogen) atoms. The summed E-state index contributed by atoms with van der Waals surface area (Å²) < 4.78 is 2.06. The van der Waals surface area contributed by atoms with Gasteiger partial charge in [-0.05, 0) is 29.7 Å². The van der Waals surface area contributed by atoms with Gasteiger partial charge in [0, 0.05) is 12.2 Å². The van der Waals surface area contributed by atoms with E-state index in [9.17, 15) is 0 Å². The number of fused-ring (bicyclic) bond motifs is 1. The molecule has 0 aliphatic carbocycles. The molecule has 4 nitrogen and oxygen atoms in total. The van der Waals surface area contributed by atoms with Gasteiger partial charge in [-0.3, -0.25) is 4.57 Å². The number of nitrogens with one attached hydrogen (secondary N) is 1. The van der Waals surface area contributed by atoms with Crippen molar-refractivity contribution in [3.63, 3.8) is 0 Å². The van der Waals surface area contributed by atoms with Crippen LogP contribution in [-0.4, -0.2) is 14.8 Å². The molecule has 0 amide bonds. The summed E-state index contributed by atoms with van der Waals surface area (Å²) in [6.07, 6.45) is 2.73. The Morgan fingerprint density at radius 3 is 2.57 bits per heavy atom. The maximum absolute atomic E-state index is 4.34. The van der Waals surface area contributed by atoms with Gasteiger partial charge in [0.15, 0.2) is 5.82 Å². The standard InChI is InChI=1S/C17H16N4/c1-2-8-15(9-3-1)21-12-19-20-17(21)16-10-13-6-4-5-7-14(13)11-18-16/h1-9,12,16,18H,10-11H2. The van der Waals surface area contributed by atoms with Crippen molar-refractivity contribution < 1.29 is 0 Å². The molecular formula is C17H16N4. The Morgan fingerprint density at radius 1 is 0.952 bits per heavy atom. The van der Waals surface area contributed by atoms with E-state index in [1.54, 1.807) is 6.33 Å². The van der Waals surface area contributed by atoms with Gasteiger partial charge in [0.05, 0.1) is 6.04 Å². The molecule has 2 aromatic carbocycles. The third kappa shape index (κ3) is 2.23. The number of benzene rings is 2. The van der Waals surface area contributed by atoms with Gasteiger partial charge in [-0.25, -0.2) is 0 Å². The molecule has 1 atom stereocenters. The third-order valence-electron chi connectivity index (χ3n) is 4.00. The van der Waals surface area contributed by atoms with Crippen LogP contribution in [0.2, 0.25) is 0 Å². The summed E-state index contributed by atoms with van der Waals surface area (Å²) in [5.74, 6) is 0.968. The van der Waals surface area contributed by atoms with E-state index < -0.39 is 0 Å². The fraction of sp³-hybridized carbons (Fsp3) is 0.176. The highest BCUT2D eigenvalue weighted by Gasteiger charge is 2.23. The fourth-order valence-electron chi connectivity index (χ4n) is 2.91. The lowest BCUT2D eigenvalue weighted by atomic mass is 9.95. The average Bonchev–Trinajstić information content (AvgIpc) is 3.05. The van der Waals surface area contributed by atoms with Crippen LogP contribution in [0.15, 0.2) is 60.9 Å². The van der Waals surface area contributed by atoms with Gasteiger partial charge in [-0.2, -0.15) is 0 Å². The van der Waals surface area contributed by atoms with Gasteiger partial charge < -0.3 is 5.32 Å². The zero-order valence-corrected chi connectivity index (χ0v) is 11.6. The second-order valence-electron chi connectivity index (χ2n) is 5.30. The molecule has 1 N–H and O–H groups in total. The maximum atomic E-state index is 4.34. The van der Waals surface area contributed by atoms with Crippen molar-refractivity contribution >= 4 is 0 Å². The molecule has 4 heteroatoms. The predicted molar refractivity (Wildman–Crippen MR) is 81.1 cm³/mol. The minimum atomic E-state index is 0.197. The van der Waals surface area contributed by atoms with Crippen LogP contribution in [0.5, 0.6) is 0 Å². The summed E-state index contributed by atoms with van der Waals surface area (Å²) in [7, 11) is 0. The van der Waals surface area contributed by atoms with Crippen LogP contribution >= 0.6 is 0 Å². The molecule has 1 unspecified atom stereocenters. The van der Waals surface area contributed by atoms with Crippen molar-refractivity contribution in [3.8, 4) is 5.69 Å². The number of aromatic nitrogens is 3. The number of para-hydroxylation sites is 1. The van der Waals surface area contributed by atoms with Crippen LogP contribution in [-0.2, 0) is 13.0 Å². The maximum Gasteiger partial charge on any atom is 0.154 e. The minimum absolute atomic E-state index is 0.197. The lowest BCUT2D eigenvalue weighted by Gasteiger charge is -2.25. The van der Waals surface area contributed by atoms with Crippen molar-refractivity contribution in [2.24, 2.45) is 0 Å². The van der Waals surface area contributed by atoms with E-state index in [-0.39, 0.29) is 6.04 Å². The Morgan fingerprint density at radius 2 is 1.71 bits per heavy atom. The highest BCUT2D eigenvalue weighted by Crippen LogP contribution is 2.25. The first-order chi connectivity index (χ1) is 10.4. The predicted octanol–water partition coefficient (Wildman–Crippen LogP) is 2.65. The van der Waals surface area contributed by atoms with Crippen LogP contribution in [0.3, 0.4) is 0 Å². The molecule has 104 valence electrons. The van der Waals surface area contributed by atoms with E-state index in [1.807, 2.05) is 18.2 Å². The summed E-state index contributed by atoms with van der Waals surface area (Å²) in [5.41, 5.74) is 3.86. The zero-order valence-electron chi connectivity index (χ0n) is 11.6. The van der Waals surface area contributed by atoms with Crippen molar-refractivity contribution in [1.29, 1.82) is 0 Å². The number of hydrogen-bond acceptors (Lipinski definition) is 3. The molecular weight excluding hydrogens is 260 g/mol. The van der Waals surface area contributed by atoms with Crippen molar-refractivity contribution in [3.05, 3.63) is 77.9 Å². The quantitative estimate of drug-likeness (QED) is 0.782. The van der Waals surface area contributed by atoms with Gasteiger partial charge in [0.25, 0.3) is 0 Å². The van der Waals surface area contributed by atoms with Gasteiger partial charge >= 0.3 is 0 Å². The number of rotatable bonds is 2. The van der Waals surface area contributed by atoms with E-state index >= 15 is 0 Å². The molecule has 1 aliphatic rings. The van der Waals surface area contributed by atoms with Crippen LogP contribution in [0.25, 0.3) is 5.69 Å². The molecule has 0 spiro atoms. The Bertz CT molecular complexity index is 748. The summed E-state index contributed by atoms with van der Waals surface area (Å²) >= 11 is 0. The van der Waals surface area contributed by atoms with E-state index in [0.29, 0.717) is 0 Å². The summed E-state index contributed by atoms with van der Waals surface area (Å²) in [6.45, 7) is 0.877. The van der Waals surface area contributed by atoms with Crippen molar-refractivity contribution in [2.75, 3.05) is 0 Å². The minimum Gasteiger partial charge on any atom is -0.303 e. The molecule has 0 saturated heterocycles. The molecule has 3 aromatic rings. The summed E-state index contributed by atoms with van der Waals surface area (Å²) in [5, 5.41) is 12.0. The van der Waals surface area contributed by atoms with Gasteiger partial charge in [-0.1, -0.05) is 42.5 Å². The molecule has 4 rings (SSSR count). The SMILES string of the molecule is c1ccc(-n2cnnc2C2Cc3ccccc3CN2)cc1. The monoisotopic (exact) mass is 276 g/mol. The molecule has 0 bridgehead atoms. The summed E-state index contributed by atoms with van der Waals surface area (Å²) in [4.78, 5) is 0. The van der Waals surface area contributed by atoms with E-state index in [4.69, 9.17) is 0 Å². The Kier molecular flexibility index (Phi) is 3.01. The van der Waals surface area contributed by atoms with Crippen LogP contribution < -0.4 is 5.32 Å². The second kappa shape index (κ2) is 5.14. The first kappa shape index (κ1) is 12.3. The largest absolute Gasteiger partial charge is 0.303 e. The highest BCUT2D eigenvalue weighted by atomic mass is 15.3. The molecule has 1 aliphatic heterocycles. The van der Waals surface area contributed by atoms with Gasteiger partial charge in [-0.15, -0.1) is 10.2 Å². The fourth-order valence-corrected chi connectivity index (χ4v) is 2.91. The van der Waals surface area contributed by atoms with E-state index in [0.717, 1.165) is 24.5 Å². The topological polar surface area (TPSA) is 42.7 Å². The molecule has 0 fully saturated rings. The normalized spacial score (nSPS) is 17.4. The highest BCUT2D eigenvalue weighted by molar-refractivity contribution is 5.35. The average molecular weight is 276 g/mol. The van der Waals surface area contributed by atoms with Crippen LogP contribution in [0.4, 0.5) is 0 Å². The van der Waals surface area contributed by atoms with Crippen LogP contribution in [0, 0.1) is 0 Å². The van der Waals surface area contributed by atoms with Crippen LogP contribution in [0.1, 0.15) is 23.0 Å². The molecule has 2 heterocycles. The summed E-state index contributed by atoms with van der Waals surface area (Å²) in [6, 6.07) is 19.0. The van der Waals surface area contributed by atoms with E-state index in [1.165, 1.54) is 11.1 Å². The lowest BCUT2D eigenvalue weighted by Crippen LogP contribution is -2.30.